The second kappa shape index (κ2) is 5.74. The summed E-state index contributed by atoms with van der Waals surface area (Å²) in [6.07, 6.45) is 1.20. The number of anilines is 3. The van der Waals surface area contributed by atoms with Crippen LogP contribution in [0.2, 0.25) is 0 Å². The first-order valence-electron chi connectivity index (χ1n) is 5.69. The first kappa shape index (κ1) is 14.1. The van der Waals surface area contributed by atoms with Gasteiger partial charge in [-0.25, -0.2) is 0 Å². The normalized spacial score (nSPS) is 10.7. The van der Waals surface area contributed by atoms with Crippen molar-refractivity contribution in [3.8, 4) is 0 Å². The van der Waals surface area contributed by atoms with Gasteiger partial charge < -0.3 is 17.2 Å². The molecule has 106 valence electrons. The summed E-state index contributed by atoms with van der Waals surface area (Å²) in [7, 11) is 0. The maximum Gasteiger partial charge on any atom is 0.224 e. The zero-order valence-electron chi connectivity index (χ0n) is 10.7. The van der Waals surface area contributed by atoms with Crippen LogP contribution in [0.1, 0.15) is 20.7 Å². The van der Waals surface area contributed by atoms with E-state index in [4.69, 9.17) is 17.2 Å². The number of rotatable bonds is 4. The molecule has 21 heavy (non-hydrogen) atoms. The lowest BCUT2D eigenvalue weighted by Gasteiger charge is -2.03. The van der Waals surface area contributed by atoms with Gasteiger partial charge in [-0.1, -0.05) is 0 Å². The van der Waals surface area contributed by atoms with E-state index in [-0.39, 0.29) is 29.0 Å². The Kier molecular flexibility index (Phi) is 3.84. The van der Waals surface area contributed by atoms with E-state index in [9.17, 15) is 9.59 Å². The van der Waals surface area contributed by atoms with Gasteiger partial charge in [0.2, 0.25) is 5.95 Å². The number of azo groups is 1. The van der Waals surface area contributed by atoms with Crippen molar-refractivity contribution in [2.75, 3.05) is 17.2 Å². The third-order valence-electron chi connectivity index (χ3n) is 2.46. The second-order valence-corrected chi connectivity index (χ2v) is 3.99. The summed E-state index contributed by atoms with van der Waals surface area (Å²) in [5.74, 6) is -0.119. The third-order valence-corrected chi connectivity index (χ3v) is 2.46. The third kappa shape index (κ3) is 3.15. The van der Waals surface area contributed by atoms with Gasteiger partial charge in [-0.15, -0.1) is 5.11 Å². The zero-order valence-corrected chi connectivity index (χ0v) is 10.7. The molecule has 2 aromatic rings. The van der Waals surface area contributed by atoms with Gasteiger partial charge in [0.1, 0.15) is 12.6 Å². The van der Waals surface area contributed by atoms with Crippen molar-refractivity contribution in [2.24, 2.45) is 10.2 Å². The summed E-state index contributed by atoms with van der Waals surface area (Å²) in [6, 6.07) is 4.33. The molecule has 0 saturated carbocycles. The molecule has 0 aliphatic carbocycles. The lowest BCUT2D eigenvalue weighted by molar-refractivity contribution is 0.112. The Morgan fingerprint density at radius 3 is 1.86 bits per heavy atom. The molecule has 9 heteroatoms. The SMILES string of the molecule is Nc1nc(N)c(N=Nc2cc(C=O)cc(C=O)c2)c(N)n1. The van der Waals surface area contributed by atoms with Crippen LogP contribution in [0.4, 0.5) is 29.0 Å². The highest BCUT2D eigenvalue weighted by Gasteiger charge is 2.08. The maximum absolute atomic E-state index is 10.8. The molecule has 0 radical (unpaired) electrons. The van der Waals surface area contributed by atoms with Gasteiger partial charge in [0.25, 0.3) is 0 Å². The second-order valence-electron chi connectivity index (χ2n) is 3.99. The number of hydrogen-bond donors (Lipinski definition) is 3. The van der Waals surface area contributed by atoms with Crippen LogP contribution in [-0.4, -0.2) is 22.5 Å². The van der Waals surface area contributed by atoms with Crippen molar-refractivity contribution >= 4 is 41.5 Å². The smallest absolute Gasteiger partial charge is 0.224 e. The van der Waals surface area contributed by atoms with E-state index in [1.165, 1.54) is 18.2 Å². The fraction of sp³-hybridized carbons (Fsp3) is 0. The topological polar surface area (TPSA) is 163 Å². The molecular weight excluding hydrogens is 274 g/mol. The van der Waals surface area contributed by atoms with Crippen LogP contribution < -0.4 is 17.2 Å². The quantitative estimate of drug-likeness (QED) is 0.562. The van der Waals surface area contributed by atoms with Gasteiger partial charge in [-0.3, -0.25) is 9.59 Å². The minimum atomic E-state index is -0.0739. The summed E-state index contributed by atoms with van der Waals surface area (Å²) < 4.78 is 0. The molecule has 0 atom stereocenters. The largest absolute Gasteiger partial charge is 0.382 e. The molecule has 0 aliphatic rings. The highest BCUT2D eigenvalue weighted by atomic mass is 16.1. The van der Waals surface area contributed by atoms with E-state index in [0.717, 1.165) is 0 Å². The van der Waals surface area contributed by atoms with Crippen LogP contribution in [0.5, 0.6) is 0 Å². The number of aldehydes is 2. The lowest BCUT2D eigenvalue weighted by Crippen LogP contribution is -2.03. The van der Waals surface area contributed by atoms with Crippen molar-refractivity contribution in [3.05, 3.63) is 29.3 Å². The van der Waals surface area contributed by atoms with Gasteiger partial charge in [-0.05, 0) is 18.2 Å². The molecular formula is C12H11N7O2. The first-order valence-corrected chi connectivity index (χ1v) is 5.69. The van der Waals surface area contributed by atoms with E-state index in [1.807, 2.05) is 0 Å². The zero-order chi connectivity index (χ0) is 15.4. The van der Waals surface area contributed by atoms with Crippen LogP contribution in [-0.2, 0) is 0 Å². The predicted molar refractivity (Wildman–Crippen MR) is 76.7 cm³/mol. The molecule has 0 saturated heterocycles. The number of nitrogens with zero attached hydrogens (tertiary/aromatic N) is 4. The minimum absolute atomic E-state index is 0.0223. The van der Waals surface area contributed by atoms with E-state index in [1.54, 1.807) is 0 Å². The Labute approximate surface area is 118 Å². The molecule has 1 aromatic heterocycles. The van der Waals surface area contributed by atoms with Crippen LogP contribution in [0.25, 0.3) is 0 Å². The van der Waals surface area contributed by atoms with E-state index >= 15 is 0 Å². The predicted octanol–water partition coefficient (Wildman–Crippen LogP) is 1.26. The number of aromatic nitrogens is 2. The standard InChI is InChI=1S/C12H11N7O2/c13-10-9(11(14)17-12(15)16-10)19-18-8-2-6(4-20)1-7(3-8)5-21/h1-5H,(H6,13,14,15,16,17). The Hall–Kier alpha value is -3.36. The Morgan fingerprint density at radius 1 is 0.857 bits per heavy atom. The van der Waals surface area contributed by atoms with E-state index < -0.39 is 0 Å². The van der Waals surface area contributed by atoms with Crippen LogP contribution in [0, 0.1) is 0 Å². The van der Waals surface area contributed by atoms with Gasteiger partial charge in [0.05, 0.1) is 5.69 Å². The average molecular weight is 285 g/mol. The lowest BCUT2D eigenvalue weighted by atomic mass is 10.1. The van der Waals surface area contributed by atoms with Gasteiger partial charge in [-0.2, -0.15) is 15.1 Å². The van der Waals surface area contributed by atoms with Crippen molar-refractivity contribution in [1.82, 2.24) is 9.97 Å². The molecule has 1 aromatic carbocycles. The molecule has 0 spiro atoms. The highest BCUT2D eigenvalue weighted by Crippen LogP contribution is 2.29. The van der Waals surface area contributed by atoms with Crippen LogP contribution >= 0.6 is 0 Å². The number of carbonyl (C=O) groups is 2. The van der Waals surface area contributed by atoms with Gasteiger partial charge >= 0.3 is 0 Å². The molecule has 0 aliphatic heterocycles. The molecule has 9 nitrogen and oxygen atoms in total. The van der Waals surface area contributed by atoms with E-state index in [2.05, 4.69) is 20.2 Å². The molecule has 0 fully saturated rings. The maximum atomic E-state index is 10.8. The van der Waals surface area contributed by atoms with Crippen molar-refractivity contribution in [1.29, 1.82) is 0 Å². The monoisotopic (exact) mass is 285 g/mol. The summed E-state index contributed by atoms with van der Waals surface area (Å²) in [4.78, 5) is 29.0. The fourth-order valence-electron chi connectivity index (χ4n) is 1.57. The van der Waals surface area contributed by atoms with Crippen LogP contribution in [0.15, 0.2) is 28.4 Å². The molecule has 1 heterocycles. The Bertz CT molecular complexity index is 693. The number of carbonyl (C=O) groups excluding carboxylic acids is 2. The summed E-state index contributed by atoms with van der Waals surface area (Å²) in [5.41, 5.74) is 17.6. The van der Waals surface area contributed by atoms with Crippen molar-refractivity contribution in [2.45, 2.75) is 0 Å². The van der Waals surface area contributed by atoms with Crippen molar-refractivity contribution < 1.29 is 9.59 Å². The number of hydrogen-bond acceptors (Lipinski definition) is 9. The summed E-state index contributed by atoms with van der Waals surface area (Å²) >= 11 is 0. The van der Waals surface area contributed by atoms with Crippen molar-refractivity contribution in [3.63, 3.8) is 0 Å². The molecule has 0 unspecified atom stereocenters. The summed E-state index contributed by atoms with van der Waals surface area (Å²) in [6.45, 7) is 0. The fourth-order valence-corrected chi connectivity index (χ4v) is 1.57. The van der Waals surface area contributed by atoms with Crippen LogP contribution in [0.3, 0.4) is 0 Å². The molecule has 2 rings (SSSR count). The van der Waals surface area contributed by atoms with E-state index in [0.29, 0.717) is 23.7 Å². The van der Waals surface area contributed by atoms with Gasteiger partial charge in [0.15, 0.2) is 17.3 Å². The Morgan fingerprint density at radius 2 is 1.38 bits per heavy atom. The number of nitrogen functional groups attached to an aromatic ring is 3. The number of nitrogens with two attached hydrogens (primary N) is 3. The minimum Gasteiger partial charge on any atom is -0.382 e. The molecule has 0 amide bonds. The summed E-state index contributed by atoms with van der Waals surface area (Å²) in [5, 5.41) is 7.70. The first-order chi connectivity index (χ1) is 10.0. The highest BCUT2D eigenvalue weighted by molar-refractivity contribution is 5.84. The Balaban J connectivity index is 2.42. The average Bonchev–Trinajstić information content (AvgIpc) is 2.45. The number of benzene rings is 1. The van der Waals surface area contributed by atoms with Gasteiger partial charge in [0, 0.05) is 11.1 Å². The molecule has 6 N–H and O–H groups in total. The molecule has 0 bridgehead atoms.